The molecule has 2 heteroatoms. The molecule has 0 saturated carbocycles. The molecular weight excluding hydrogens is 737 g/mol. The minimum Gasteiger partial charge on any atom is -0.256 e. The fourth-order valence-electron chi connectivity index (χ4n) is 10.4. The maximum Gasteiger partial charge on any atom is 0.0794 e. The number of hydrogen-bond acceptors (Lipinski definition) is 2. The van der Waals surface area contributed by atoms with E-state index >= 15 is 0 Å². The summed E-state index contributed by atoms with van der Waals surface area (Å²) in [5, 5.41) is 17.3. The van der Waals surface area contributed by atoms with Crippen LogP contribution in [0.2, 0.25) is 0 Å². The number of rotatable bonds is 3. The average Bonchev–Trinajstić information content (AvgIpc) is 3.33. The Morgan fingerprint density at radius 2 is 0.967 bits per heavy atom. The first-order valence-electron chi connectivity index (χ1n) is 21.1. The number of fused-ring (bicyclic) bond motifs is 17. The van der Waals surface area contributed by atoms with Crippen LogP contribution in [0.4, 0.5) is 0 Å². The zero-order valence-corrected chi connectivity index (χ0v) is 33.3. The van der Waals surface area contributed by atoms with E-state index in [2.05, 4.69) is 189 Å². The highest BCUT2D eigenvalue weighted by atomic mass is 14.7. The van der Waals surface area contributed by atoms with Gasteiger partial charge in [-0.05, 0) is 124 Å². The fraction of sp³-hybridized carbons (Fsp3) is 0.0169. The second-order valence-corrected chi connectivity index (χ2v) is 16.5. The van der Waals surface area contributed by atoms with Gasteiger partial charge in [0.05, 0.1) is 16.7 Å². The van der Waals surface area contributed by atoms with Gasteiger partial charge in [0.1, 0.15) is 0 Å². The van der Waals surface area contributed by atoms with Crippen molar-refractivity contribution in [2.45, 2.75) is 6.42 Å². The number of allylic oxidation sites excluding steroid dienone is 2. The lowest BCUT2D eigenvalue weighted by atomic mass is 9.84. The molecule has 0 fully saturated rings. The Labute approximate surface area is 352 Å². The van der Waals surface area contributed by atoms with Crippen LogP contribution in [0, 0.1) is 0 Å². The molecule has 13 rings (SSSR count). The molecule has 10 aromatic carbocycles. The maximum atomic E-state index is 5.39. The predicted molar refractivity (Wildman–Crippen MR) is 261 cm³/mol. The highest BCUT2D eigenvalue weighted by Gasteiger charge is 2.21. The average molecular weight is 773 g/mol. The van der Waals surface area contributed by atoms with E-state index in [1.165, 1.54) is 103 Å². The molecule has 0 bridgehead atoms. The van der Waals surface area contributed by atoms with Gasteiger partial charge < -0.3 is 0 Å². The van der Waals surface area contributed by atoms with Crippen molar-refractivity contribution in [1.29, 1.82) is 0 Å². The van der Waals surface area contributed by atoms with Gasteiger partial charge >= 0.3 is 0 Å². The highest BCUT2D eigenvalue weighted by molar-refractivity contribution is 6.33. The van der Waals surface area contributed by atoms with E-state index in [4.69, 9.17) is 9.97 Å². The van der Waals surface area contributed by atoms with Gasteiger partial charge in [-0.2, -0.15) is 0 Å². The lowest BCUT2D eigenvalue weighted by Gasteiger charge is -2.20. The molecule has 1 aliphatic rings. The minimum absolute atomic E-state index is 0.844. The summed E-state index contributed by atoms with van der Waals surface area (Å²) in [7, 11) is 0. The number of nitrogens with zero attached hydrogens (tertiary/aromatic N) is 2. The van der Waals surface area contributed by atoms with Crippen LogP contribution in [-0.4, -0.2) is 9.97 Å². The topological polar surface area (TPSA) is 25.8 Å². The van der Waals surface area contributed by atoms with E-state index in [0.717, 1.165) is 39.7 Å². The Morgan fingerprint density at radius 3 is 1.67 bits per heavy atom. The quantitative estimate of drug-likeness (QED) is 0.167. The van der Waals surface area contributed by atoms with Gasteiger partial charge in [-0.15, -0.1) is 0 Å². The molecular formula is C59H36N2. The van der Waals surface area contributed by atoms with Crippen LogP contribution in [0.1, 0.15) is 17.5 Å². The maximum absolute atomic E-state index is 5.39. The van der Waals surface area contributed by atoms with Crippen LogP contribution < -0.4 is 0 Å². The monoisotopic (exact) mass is 772 g/mol. The van der Waals surface area contributed by atoms with E-state index < -0.39 is 0 Å². The van der Waals surface area contributed by atoms with Crippen LogP contribution in [0.5, 0.6) is 0 Å². The first kappa shape index (κ1) is 34.0. The molecule has 1 aliphatic carbocycles. The first-order chi connectivity index (χ1) is 30.2. The molecule has 2 heterocycles. The van der Waals surface area contributed by atoms with Crippen molar-refractivity contribution in [3.63, 3.8) is 0 Å². The van der Waals surface area contributed by atoms with Crippen LogP contribution in [-0.2, 0) is 0 Å². The van der Waals surface area contributed by atoms with Gasteiger partial charge in [0, 0.05) is 38.9 Å². The summed E-state index contributed by atoms with van der Waals surface area (Å²) in [5.41, 5.74) is 12.4. The summed E-state index contributed by atoms with van der Waals surface area (Å²) in [6.07, 6.45) is 7.21. The Hall–Kier alpha value is -7.94. The van der Waals surface area contributed by atoms with Gasteiger partial charge in [0.15, 0.2) is 0 Å². The predicted octanol–water partition coefficient (Wildman–Crippen LogP) is 16.1. The van der Waals surface area contributed by atoms with Crippen molar-refractivity contribution in [3.05, 3.63) is 206 Å². The molecule has 0 amide bonds. The number of pyridine rings is 2. The van der Waals surface area contributed by atoms with Crippen LogP contribution in [0.25, 0.3) is 132 Å². The third-order valence-electron chi connectivity index (χ3n) is 13.2. The van der Waals surface area contributed by atoms with E-state index in [-0.39, 0.29) is 0 Å². The largest absolute Gasteiger partial charge is 0.256 e. The SMILES string of the molecule is C=C1CC=Cc2c(-c3ccc4c5ccc(-c6ccc(-c7nc8ccccc8c8c9ccccc9c9ccccc9c78)cc6)cc5c5ccccc5c4c3)cc3cccnc3c21. The molecule has 0 radical (unpaired) electrons. The van der Waals surface area contributed by atoms with Crippen molar-refractivity contribution in [2.24, 2.45) is 0 Å². The molecule has 0 atom stereocenters. The minimum atomic E-state index is 0.844. The molecule has 2 aromatic heterocycles. The number of hydrogen-bond donors (Lipinski definition) is 0. The lowest BCUT2D eigenvalue weighted by molar-refractivity contribution is 1.34. The van der Waals surface area contributed by atoms with Gasteiger partial charge in [-0.25, -0.2) is 4.98 Å². The smallest absolute Gasteiger partial charge is 0.0794 e. The second kappa shape index (κ2) is 13.0. The zero-order chi connectivity index (χ0) is 40.2. The number of benzene rings is 10. The van der Waals surface area contributed by atoms with Gasteiger partial charge in [0.25, 0.3) is 0 Å². The van der Waals surface area contributed by atoms with Crippen LogP contribution in [0.3, 0.4) is 0 Å². The summed E-state index contributed by atoms with van der Waals surface area (Å²) in [6.45, 7) is 4.46. The molecule has 0 saturated heterocycles. The third-order valence-corrected chi connectivity index (χ3v) is 13.2. The van der Waals surface area contributed by atoms with Crippen molar-refractivity contribution in [1.82, 2.24) is 9.97 Å². The van der Waals surface area contributed by atoms with Gasteiger partial charge in [-0.1, -0.05) is 164 Å². The van der Waals surface area contributed by atoms with Crippen molar-refractivity contribution in [3.8, 4) is 33.5 Å². The van der Waals surface area contributed by atoms with E-state index in [0.29, 0.717) is 0 Å². The standard InChI is InChI=1S/C59H36N2/c1-35-12-10-21-49-51(34-40-13-11-31-60-58(40)55(35)49)39-28-30-46-45-29-27-38(32-52(45)43-16-2-3-17-44(43)53(46)33-39)36-23-25-37(26-24-36)59-57-48-19-7-5-15-42(48)41-14-4-6-18-47(41)56(57)50-20-8-9-22-54(50)61-59/h2-11,13-34H,1,12H2. The van der Waals surface area contributed by atoms with E-state index in [1.807, 2.05) is 12.3 Å². The summed E-state index contributed by atoms with van der Waals surface area (Å²) < 4.78 is 0. The van der Waals surface area contributed by atoms with Crippen molar-refractivity contribution < 1.29 is 0 Å². The second-order valence-electron chi connectivity index (χ2n) is 16.5. The third kappa shape index (κ3) is 5.03. The first-order valence-corrected chi connectivity index (χ1v) is 21.1. The molecule has 0 unspecified atom stereocenters. The Kier molecular flexibility index (Phi) is 7.26. The summed E-state index contributed by atoms with van der Waals surface area (Å²) >= 11 is 0. The molecule has 282 valence electrons. The van der Waals surface area contributed by atoms with Gasteiger partial charge in [0.2, 0.25) is 0 Å². The number of aromatic nitrogens is 2. The van der Waals surface area contributed by atoms with Crippen LogP contribution in [0.15, 0.2) is 195 Å². The van der Waals surface area contributed by atoms with E-state index in [9.17, 15) is 0 Å². The molecule has 12 aromatic rings. The molecule has 61 heavy (non-hydrogen) atoms. The van der Waals surface area contributed by atoms with Gasteiger partial charge in [-0.3, -0.25) is 4.98 Å². The zero-order valence-electron chi connectivity index (χ0n) is 33.3. The highest BCUT2D eigenvalue weighted by Crippen LogP contribution is 2.45. The normalized spacial score (nSPS) is 12.8. The Bertz CT molecular complexity index is 3890. The summed E-state index contributed by atoms with van der Waals surface area (Å²) in [6, 6.07) is 64.6. The Morgan fingerprint density at radius 1 is 0.426 bits per heavy atom. The number of para-hydroxylation sites is 1. The van der Waals surface area contributed by atoms with Crippen molar-refractivity contribution >= 4 is 98.1 Å². The lowest BCUT2D eigenvalue weighted by Crippen LogP contribution is -1.99. The summed E-state index contributed by atoms with van der Waals surface area (Å²) in [5.74, 6) is 0. The van der Waals surface area contributed by atoms with E-state index in [1.54, 1.807) is 0 Å². The molecule has 0 N–H and O–H groups in total. The van der Waals surface area contributed by atoms with Crippen molar-refractivity contribution in [2.75, 3.05) is 0 Å². The Balaban J connectivity index is 0.964. The molecule has 0 aliphatic heterocycles. The van der Waals surface area contributed by atoms with Crippen LogP contribution >= 0.6 is 0 Å². The molecule has 0 spiro atoms. The summed E-state index contributed by atoms with van der Waals surface area (Å²) in [4.78, 5) is 10.2. The molecule has 2 nitrogen and oxygen atoms in total. The fourth-order valence-corrected chi connectivity index (χ4v) is 10.4.